The van der Waals surface area contributed by atoms with Crippen LogP contribution in [0.4, 0.5) is 0 Å². The average Bonchev–Trinajstić information content (AvgIpc) is 2.75. The molecule has 94 valence electrons. The van der Waals surface area contributed by atoms with Crippen molar-refractivity contribution in [1.29, 1.82) is 0 Å². The first-order valence-corrected chi connectivity index (χ1v) is 7.11. The van der Waals surface area contributed by atoms with Crippen LogP contribution in [0.1, 0.15) is 40.5 Å². The summed E-state index contributed by atoms with van der Waals surface area (Å²) in [5, 5.41) is 0. The van der Waals surface area contributed by atoms with Crippen molar-refractivity contribution in [1.82, 2.24) is 0 Å². The van der Waals surface area contributed by atoms with Gasteiger partial charge in [-0.25, -0.2) is 0 Å². The molecule has 2 heterocycles. The molecule has 0 bridgehead atoms. The van der Waals surface area contributed by atoms with Crippen LogP contribution in [-0.4, -0.2) is 11.5 Å². The molecule has 2 aliphatic rings. The SMILES string of the molecule is CC.CC1=CCC=C(CSC2=CN=C(C)C2)O1. The van der Waals surface area contributed by atoms with E-state index < -0.39 is 0 Å². The van der Waals surface area contributed by atoms with Crippen LogP contribution >= 0.6 is 11.8 Å². The standard InChI is InChI=1S/C12H15NOS.C2H6/c1-9-6-12(7-13-9)15-8-11-5-3-4-10(2)14-11;1-2/h4-5,7H,3,6,8H2,1-2H3;1-2H3. The van der Waals surface area contributed by atoms with E-state index >= 15 is 0 Å². The monoisotopic (exact) mass is 251 g/mol. The van der Waals surface area contributed by atoms with Crippen LogP contribution in [0.15, 0.2) is 39.8 Å². The van der Waals surface area contributed by atoms with Gasteiger partial charge in [0.15, 0.2) is 0 Å². The molecule has 17 heavy (non-hydrogen) atoms. The van der Waals surface area contributed by atoms with Gasteiger partial charge in [-0.15, -0.1) is 11.8 Å². The summed E-state index contributed by atoms with van der Waals surface area (Å²) in [6.45, 7) is 8.06. The molecule has 0 amide bonds. The highest BCUT2D eigenvalue weighted by Crippen LogP contribution is 2.28. The second kappa shape index (κ2) is 7.38. The van der Waals surface area contributed by atoms with Crippen LogP contribution in [0.3, 0.4) is 0 Å². The van der Waals surface area contributed by atoms with E-state index in [4.69, 9.17) is 4.74 Å². The van der Waals surface area contributed by atoms with Gasteiger partial charge in [0.2, 0.25) is 0 Å². The first-order chi connectivity index (χ1) is 8.24. The maximum Gasteiger partial charge on any atom is 0.110 e. The quantitative estimate of drug-likeness (QED) is 0.727. The first kappa shape index (κ1) is 14.1. The molecule has 0 aromatic carbocycles. The van der Waals surface area contributed by atoms with E-state index in [1.165, 1.54) is 10.6 Å². The van der Waals surface area contributed by atoms with E-state index in [2.05, 4.69) is 24.1 Å². The minimum absolute atomic E-state index is 0.916. The van der Waals surface area contributed by atoms with Crippen molar-refractivity contribution < 1.29 is 4.74 Å². The molecular weight excluding hydrogens is 230 g/mol. The predicted octanol–water partition coefficient (Wildman–Crippen LogP) is 4.66. The molecule has 2 rings (SSSR count). The highest BCUT2D eigenvalue weighted by atomic mass is 32.2. The van der Waals surface area contributed by atoms with Gasteiger partial charge >= 0.3 is 0 Å². The summed E-state index contributed by atoms with van der Waals surface area (Å²) in [6.07, 6.45) is 8.20. The minimum Gasteiger partial charge on any atom is -0.466 e. The molecule has 0 fully saturated rings. The van der Waals surface area contributed by atoms with E-state index in [0.29, 0.717) is 0 Å². The van der Waals surface area contributed by atoms with E-state index in [1.54, 1.807) is 0 Å². The Morgan fingerprint density at radius 1 is 1.29 bits per heavy atom. The van der Waals surface area contributed by atoms with Crippen molar-refractivity contribution >= 4 is 17.5 Å². The lowest BCUT2D eigenvalue weighted by Crippen LogP contribution is -1.98. The van der Waals surface area contributed by atoms with Crippen LogP contribution in [-0.2, 0) is 4.74 Å². The third kappa shape index (κ3) is 4.82. The van der Waals surface area contributed by atoms with E-state index in [-0.39, 0.29) is 0 Å². The molecule has 0 saturated heterocycles. The van der Waals surface area contributed by atoms with Gasteiger partial charge in [0, 0.05) is 23.2 Å². The Morgan fingerprint density at radius 3 is 2.65 bits per heavy atom. The fourth-order valence-electron chi connectivity index (χ4n) is 1.51. The van der Waals surface area contributed by atoms with Gasteiger partial charge in [0.25, 0.3) is 0 Å². The van der Waals surface area contributed by atoms with E-state index in [0.717, 1.165) is 30.1 Å². The van der Waals surface area contributed by atoms with Gasteiger partial charge in [0.05, 0.1) is 11.5 Å². The lowest BCUT2D eigenvalue weighted by molar-refractivity contribution is 0.302. The molecular formula is C14H21NOS. The fourth-order valence-corrected chi connectivity index (χ4v) is 2.46. The summed E-state index contributed by atoms with van der Waals surface area (Å²) in [4.78, 5) is 5.60. The van der Waals surface area contributed by atoms with Gasteiger partial charge in [-0.2, -0.15) is 0 Å². The number of ether oxygens (including phenoxy) is 1. The van der Waals surface area contributed by atoms with Crippen molar-refractivity contribution in [2.45, 2.75) is 40.5 Å². The normalized spacial score (nSPS) is 18.1. The highest BCUT2D eigenvalue weighted by Gasteiger charge is 2.10. The number of thioether (sulfide) groups is 1. The van der Waals surface area contributed by atoms with Gasteiger partial charge in [-0.3, -0.25) is 4.99 Å². The second-order valence-electron chi connectivity index (χ2n) is 3.75. The second-order valence-corrected chi connectivity index (χ2v) is 4.85. The fraction of sp³-hybridized carbons (Fsp3) is 0.500. The predicted molar refractivity (Wildman–Crippen MR) is 77.2 cm³/mol. The Balaban J connectivity index is 0.000000686. The molecule has 0 saturated carbocycles. The lowest BCUT2D eigenvalue weighted by atomic mass is 10.3. The molecule has 0 spiro atoms. The molecule has 0 radical (unpaired) electrons. The van der Waals surface area contributed by atoms with Crippen LogP contribution in [0.5, 0.6) is 0 Å². The maximum absolute atomic E-state index is 5.61. The molecule has 0 aliphatic carbocycles. The molecule has 0 unspecified atom stereocenters. The number of hydrogen-bond acceptors (Lipinski definition) is 3. The lowest BCUT2D eigenvalue weighted by Gasteiger charge is -2.13. The zero-order valence-electron chi connectivity index (χ0n) is 11.1. The number of rotatable bonds is 3. The smallest absolute Gasteiger partial charge is 0.110 e. The molecule has 3 heteroatoms. The van der Waals surface area contributed by atoms with Crippen LogP contribution in [0.2, 0.25) is 0 Å². The first-order valence-electron chi connectivity index (χ1n) is 6.13. The van der Waals surface area contributed by atoms with Crippen molar-refractivity contribution in [2.75, 3.05) is 5.75 Å². The molecule has 0 aromatic rings. The van der Waals surface area contributed by atoms with Crippen molar-refractivity contribution in [3.8, 4) is 0 Å². The molecule has 2 aliphatic heterocycles. The maximum atomic E-state index is 5.61. The zero-order valence-corrected chi connectivity index (χ0v) is 11.9. The third-order valence-electron chi connectivity index (χ3n) is 2.30. The number of aliphatic imine (C=N–C) groups is 1. The Morgan fingerprint density at radius 2 is 2.06 bits per heavy atom. The number of nitrogens with zero attached hydrogens (tertiary/aromatic N) is 1. The van der Waals surface area contributed by atoms with E-state index in [9.17, 15) is 0 Å². The Labute approximate surface area is 109 Å². The highest BCUT2D eigenvalue weighted by molar-refractivity contribution is 8.03. The van der Waals surface area contributed by atoms with Gasteiger partial charge < -0.3 is 4.74 Å². The van der Waals surface area contributed by atoms with Gasteiger partial charge in [-0.05, 0) is 32.4 Å². The van der Waals surface area contributed by atoms with Gasteiger partial charge in [0.1, 0.15) is 5.76 Å². The van der Waals surface area contributed by atoms with Crippen LogP contribution in [0, 0.1) is 0 Å². The average molecular weight is 251 g/mol. The van der Waals surface area contributed by atoms with Crippen LogP contribution < -0.4 is 0 Å². The molecule has 0 N–H and O–H groups in total. The van der Waals surface area contributed by atoms with Crippen molar-refractivity contribution in [3.63, 3.8) is 0 Å². The van der Waals surface area contributed by atoms with Crippen molar-refractivity contribution in [3.05, 3.63) is 34.8 Å². The van der Waals surface area contributed by atoms with Crippen molar-refractivity contribution in [2.24, 2.45) is 4.99 Å². The molecule has 0 atom stereocenters. The third-order valence-corrected chi connectivity index (χ3v) is 3.35. The van der Waals surface area contributed by atoms with Crippen LogP contribution in [0.25, 0.3) is 0 Å². The Bertz CT molecular complexity index is 378. The largest absolute Gasteiger partial charge is 0.466 e. The summed E-state index contributed by atoms with van der Waals surface area (Å²) < 4.78 is 5.61. The summed E-state index contributed by atoms with van der Waals surface area (Å²) >= 11 is 1.82. The molecule has 0 aromatic heterocycles. The number of allylic oxidation sites excluding steroid dienone is 4. The Kier molecular flexibility index (Phi) is 6.12. The molecule has 2 nitrogen and oxygen atoms in total. The minimum atomic E-state index is 0.916. The summed E-state index contributed by atoms with van der Waals surface area (Å²) in [5.41, 5.74) is 1.20. The Hall–Kier alpha value is -0.960. The summed E-state index contributed by atoms with van der Waals surface area (Å²) in [5.74, 6) is 3.01. The topological polar surface area (TPSA) is 21.6 Å². The zero-order chi connectivity index (χ0) is 12.7. The van der Waals surface area contributed by atoms with Gasteiger partial charge in [-0.1, -0.05) is 13.8 Å². The summed E-state index contributed by atoms with van der Waals surface area (Å²) in [7, 11) is 0. The van der Waals surface area contributed by atoms with E-state index in [1.807, 2.05) is 38.7 Å². The number of hydrogen-bond donors (Lipinski definition) is 0. The summed E-state index contributed by atoms with van der Waals surface area (Å²) in [6, 6.07) is 0.